The Morgan fingerprint density at radius 3 is 2.59 bits per heavy atom. The molecule has 1 aromatic carbocycles. The molecule has 0 fully saturated rings. The summed E-state index contributed by atoms with van der Waals surface area (Å²) in [5.74, 6) is -0.141. The topological polar surface area (TPSA) is 59.2 Å². The number of benzene rings is 1. The Kier molecular flexibility index (Phi) is 5.01. The summed E-state index contributed by atoms with van der Waals surface area (Å²) in [6, 6.07) is 5.75. The van der Waals surface area contributed by atoms with Gasteiger partial charge in [0.25, 0.3) is 0 Å². The summed E-state index contributed by atoms with van der Waals surface area (Å²) in [6.45, 7) is 5.93. The van der Waals surface area contributed by atoms with Crippen LogP contribution in [0.15, 0.2) is 18.2 Å². The van der Waals surface area contributed by atoms with Crippen LogP contribution in [0.5, 0.6) is 0 Å². The lowest BCUT2D eigenvalue weighted by Crippen LogP contribution is -2.09. The maximum atomic E-state index is 12.5. The van der Waals surface area contributed by atoms with E-state index in [-0.39, 0.29) is 24.1 Å². The lowest BCUT2D eigenvalue weighted by Gasteiger charge is -2.06. The predicted octanol–water partition coefficient (Wildman–Crippen LogP) is 3.67. The van der Waals surface area contributed by atoms with Crippen molar-refractivity contribution in [1.82, 2.24) is 4.98 Å². The molecule has 0 aliphatic heterocycles. The van der Waals surface area contributed by atoms with Crippen molar-refractivity contribution in [3.63, 3.8) is 0 Å². The van der Waals surface area contributed by atoms with E-state index in [2.05, 4.69) is 11.9 Å². The van der Waals surface area contributed by atoms with Crippen LogP contribution in [0.2, 0.25) is 0 Å². The zero-order valence-corrected chi connectivity index (χ0v) is 13.7. The number of Topliss-reactive ketones (excluding diaryl/α,β-unsaturated/α-hetero) is 1. The van der Waals surface area contributed by atoms with E-state index in [0.29, 0.717) is 0 Å². The number of aryl methyl sites for hydroxylation is 1. The number of esters is 1. The Balaban J connectivity index is 2.51. The van der Waals surface area contributed by atoms with Crippen molar-refractivity contribution >= 4 is 22.7 Å². The van der Waals surface area contributed by atoms with Crippen molar-refractivity contribution < 1.29 is 14.3 Å². The van der Waals surface area contributed by atoms with Crippen molar-refractivity contribution in [3.05, 3.63) is 35.0 Å². The van der Waals surface area contributed by atoms with Crippen LogP contribution in [0.25, 0.3) is 10.9 Å². The van der Waals surface area contributed by atoms with Gasteiger partial charge in [-0.25, -0.2) is 0 Å². The molecule has 0 atom stereocenters. The van der Waals surface area contributed by atoms with Gasteiger partial charge in [0.1, 0.15) is 0 Å². The van der Waals surface area contributed by atoms with Crippen LogP contribution in [-0.4, -0.2) is 23.8 Å². The van der Waals surface area contributed by atoms with E-state index in [1.165, 1.54) is 7.11 Å². The molecule has 0 saturated heterocycles. The summed E-state index contributed by atoms with van der Waals surface area (Å²) >= 11 is 0. The van der Waals surface area contributed by atoms with Gasteiger partial charge in [0.15, 0.2) is 5.78 Å². The number of methoxy groups -OCH3 is 1. The average molecular weight is 301 g/mol. The maximum absolute atomic E-state index is 12.5. The number of hydrogen-bond acceptors (Lipinski definition) is 3. The molecule has 0 aliphatic rings. The van der Waals surface area contributed by atoms with Gasteiger partial charge >= 0.3 is 5.97 Å². The molecule has 0 saturated carbocycles. The number of carbonyl (C=O) groups is 2. The van der Waals surface area contributed by atoms with Gasteiger partial charge in [-0.2, -0.15) is 0 Å². The lowest BCUT2D eigenvalue weighted by atomic mass is 9.96. The third kappa shape index (κ3) is 3.21. The maximum Gasteiger partial charge on any atom is 0.309 e. The SMILES string of the molecule is CCCc1[nH]c2cc(CC(=O)OC)ccc2c1C(=O)C(C)C. The molecule has 0 spiro atoms. The average Bonchev–Trinajstić information content (AvgIpc) is 2.83. The molecule has 1 N–H and O–H groups in total. The van der Waals surface area contributed by atoms with Gasteiger partial charge < -0.3 is 9.72 Å². The van der Waals surface area contributed by atoms with E-state index in [4.69, 9.17) is 4.74 Å². The highest BCUT2D eigenvalue weighted by Gasteiger charge is 2.20. The highest BCUT2D eigenvalue weighted by molar-refractivity contribution is 6.10. The predicted molar refractivity (Wildman–Crippen MR) is 87.2 cm³/mol. The van der Waals surface area contributed by atoms with E-state index >= 15 is 0 Å². The molecule has 1 aromatic heterocycles. The number of aromatic nitrogens is 1. The largest absolute Gasteiger partial charge is 0.469 e. The van der Waals surface area contributed by atoms with Crippen LogP contribution in [0.4, 0.5) is 0 Å². The number of hydrogen-bond donors (Lipinski definition) is 1. The molecule has 0 bridgehead atoms. The van der Waals surface area contributed by atoms with Crippen molar-refractivity contribution in [1.29, 1.82) is 0 Å². The first kappa shape index (κ1) is 16.3. The van der Waals surface area contributed by atoms with Gasteiger partial charge in [0.2, 0.25) is 0 Å². The quantitative estimate of drug-likeness (QED) is 0.654. The molecule has 4 nitrogen and oxygen atoms in total. The van der Waals surface area contributed by atoms with E-state index in [9.17, 15) is 9.59 Å². The summed E-state index contributed by atoms with van der Waals surface area (Å²) < 4.78 is 4.70. The van der Waals surface area contributed by atoms with Crippen molar-refractivity contribution in [2.75, 3.05) is 7.11 Å². The molecule has 2 aromatic rings. The number of rotatable bonds is 6. The summed E-state index contributed by atoms with van der Waals surface area (Å²) in [7, 11) is 1.38. The second kappa shape index (κ2) is 6.77. The molecule has 2 rings (SSSR count). The zero-order valence-electron chi connectivity index (χ0n) is 13.7. The minimum absolute atomic E-state index is 0.0376. The van der Waals surface area contributed by atoms with Crippen LogP contribution in [-0.2, 0) is 22.4 Å². The van der Waals surface area contributed by atoms with Crippen LogP contribution in [0.1, 0.15) is 48.8 Å². The fraction of sp³-hybridized carbons (Fsp3) is 0.444. The number of ether oxygens (including phenoxy) is 1. The molecular weight excluding hydrogens is 278 g/mol. The van der Waals surface area contributed by atoms with Gasteiger partial charge in [0.05, 0.1) is 13.5 Å². The smallest absolute Gasteiger partial charge is 0.309 e. The second-order valence-corrected chi connectivity index (χ2v) is 5.88. The zero-order chi connectivity index (χ0) is 16.3. The Labute approximate surface area is 130 Å². The van der Waals surface area contributed by atoms with Crippen LogP contribution in [0.3, 0.4) is 0 Å². The first-order valence-electron chi connectivity index (χ1n) is 7.72. The molecule has 118 valence electrons. The molecule has 4 heteroatoms. The monoisotopic (exact) mass is 301 g/mol. The van der Waals surface area contributed by atoms with Gasteiger partial charge in [-0.3, -0.25) is 9.59 Å². The van der Waals surface area contributed by atoms with Crippen molar-refractivity contribution in [2.24, 2.45) is 5.92 Å². The molecule has 0 aliphatic carbocycles. The van der Waals surface area contributed by atoms with Crippen LogP contribution in [0, 0.1) is 5.92 Å². The molecule has 0 amide bonds. The van der Waals surface area contributed by atoms with E-state index < -0.39 is 0 Å². The first-order valence-corrected chi connectivity index (χ1v) is 7.72. The van der Waals surface area contributed by atoms with Gasteiger partial charge in [-0.15, -0.1) is 0 Å². The van der Waals surface area contributed by atoms with Crippen molar-refractivity contribution in [2.45, 2.75) is 40.0 Å². The Hall–Kier alpha value is -2.10. The Morgan fingerprint density at radius 1 is 1.27 bits per heavy atom. The third-order valence-corrected chi connectivity index (χ3v) is 3.79. The Morgan fingerprint density at radius 2 is 2.00 bits per heavy atom. The molecule has 22 heavy (non-hydrogen) atoms. The number of ketones is 1. The summed E-state index contributed by atoms with van der Waals surface area (Å²) in [4.78, 5) is 27.3. The van der Waals surface area contributed by atoms with Crippen molar-refractivity contribution in [3.8, 4) is 0 Å². The van der Waals surface area contributed by atoms with Gasteiger partial charge in [-0.05, 0) is 18.1 Å². The second-order valence-electron chi connectivity index (χ2n) is 5.88. The summed E-state index contributed by atoms with van der Waals surface area (Å²) in [5.41, 5.74) is 3.59. The highest BCUT2D eigenvalue weighted by atomic mass is 16.5. The minimum Gasteiger partial charge on any atom is -0.469 e. The number of nitrogens with one attached hydrogen (secondary N) is 1. The Bertz CT molecular complexity index is 698. The van der Waals surface area contributed by atoms with Crippen LogP contribution >= 0.6 is 0 Å². The molecule has 0 radical (unpaired) electrons. The van der Waals surface area contributed by atoms with Gasteiger partial charge in [-0.1, -0.05) is 39.3 Å². The highest BCUT2D eigenvalue weighted by Crippen LogP contribution is 2.27. The number of fused-ring (bicyclic) bond motifs is 1. The normalized spacial score (nSPS) is 11.1. The fourth-order valence-corrected chi connectivity index (χ4v) is 2.66. The number of aromatic amines is 1. The van der Waals surface area contributed by atoms with E-state index in [0.717, 1.165) is 40.6 Å². The lowest BCUT2D eigenvalue weighted by molar-refractivity contribution is -0.139. The third-order valence-electron chi connectivity index (χ3n) is 3.79. The minimum atomic E-state index is -0.266. The summed E-state index contributed by atoms with van der Waals surface area (Å²) in [5, 5.41) is 0.941. The van der Waals surface area contributed by atoms with Crippen LogP contribution < -0.4 is 0 Å². The number of H-pyrrole nitrogens is 1. The van der Waals surface area contributed by atoms with E-state index in [1.807, 2.05) is 32.0 Å². The summed E-state index contributed by atoms with van der Waals surface area (Å²) in [6.07, 6.45) is 2.05. The molecular formula is C18H23NO3. The number of carbonyl (C=O) groups excluding carboxylic acids is 2. The van der Waals surface area contributed by atoms with E-state index in [1.54, 1.807) is 0 Å². The van der Waals surface area contributed by atoms with Gasteiger partial charge in [0, 0.05) is 28.1 Å². The fourth-order valence-electron chi connectivity index (χ4n) is 2.66. The standard InChI is InChI=1S/C18H23NO3/c1-5-6-14-17(18(21)11(2)3)13-8-7-12(9-15(13)19-14)10-16(20)22-4/h7-9,11,19H,5-6,10H2,1-4H3. The first-order chi connectivity index (χ1) is 10.5. The molecule has 0 unspecified atom stereocenters. The molecule has 1 heterocycles.